The van der Waals surface area contributed by atoms with Crippen molar-refractivity contribution in [2.75, 3.05) is 18.6 Å². The molecule has 2 amide bonds. The molecule has 2 N–H and O–H groups in total. The standard InChI is InChI=1S/C24H20N2O7S/c1-3-32-14-10-6-8-12-15-16-19(34-20(25)17(15)24(30)33-18(12)14)22(28)26(21(16)27)13-9-5-4-7-11(13)23(29)31-2/h4-10,15-16,19H,3,25H2,1-2H3/t15-,16+,19-/m0/s1. The zero-order chi connectivity index (χ0) is 24.1. The Bertz CT molecular complexity index is 1290. The maximum atomic E-state index is 13.8. The predicted octanol–water partition coefficient (Wildman–Crippen LogP) is 2.35. The third-order valence-corrected chi connectivity index (χ3v) is 7.32. The quantitative estimate of drug-likeness (QED) is 0.399. The molecule has 0 bridgehead atoms. The monoisotopic (exact) mass is 480 g/mol. The Morgan fingerprint density at radius 1 is 1.12 bits per heavy atom. The molecule has 0 unspecified atom stereocenters. The Morgan fingerprint density at radius 2 is 1.88 bits per heavy atom. The topological polar surface area (TPSA) is 125 Å². The van der Waals surface area contributed by atoms with E-state index >= 15 is 0 Å². The van der Waals surface area contributed by atoms with Crippen LogP contribution in [0.2, 0.25) is 0 Å². The van der Waals surface area contributed by atoms with Gasteiger partial charge in [0.1, 0.15) is 5.25 Å². The van der Waals surface area contributed by atoms with Crippen LogP contribution < -0.4 is 20.1 Å². The molecule has 0 spiro atoms. The summed E-state index contributed by atoms with van der Waals surface area (Å²) in [6, 6.07) is 11.4. The number of amides is 2. The lowest BCUT2D eigenvalue weighted by atomic mass is 9.77. The Labute approximate surface area is 198 Å². The summed E-state index contributed by atoms with van der Waals surface area (Å²) in [5, 5.41) is -0.741. The molecular weight excluding hydrogens is 460 g/mol. The highest BCUT2D eigenvalue weighted by molar-refractivity contribution is 8.04. The van der Waals surface area contributed by atoms with E-state index in [1.807, 2.05) is 0 Å². The van der Waals surface area contributed by atoms with E-state index in [9.17, 15) is 19.2 Å². The maximum absolute atomic E-state index is 13.8. The van der Waals surface area contributed by atoms with Gasteiger partial charge in [-0.2, -0.15) is 0 Å². The molecule has 5 rings (SSSR count). The number of hydrogen-bond donors (Lipinski definition) is 1. The normalized spacial score (nSPS) is 23.2. The van der Waals surface area contributed by atoms with Gasteiger partial charge in [0.2, 0.25) is 11.8 Å². The van der Waals surface area contributed by atoms with E-state index in [1.54, 1.807) is 37.3 Å². The van der Waals surface area contributed by atoms with Crippen molar-refractivity contribution in [3.8, 4) is 11.5 Å². The molecule has 0 aliphatic carbocycles. The number of hydrogen-bond acceptors (Lipinski definition) is 9. The third kappa shape index (κ3) is 3.09. The van der Waals surface area contributed by atoms with Gasteiger partial charge in [-0.25, -0.2) is 14.5 Å². The van der Waals surface area contributed by atoms with Crippen molar-refractivity contribution in [2.24, 2.45) is 11.7 Å². The number of esters is 2. The molecule has 0 saturated carbocycles. The Morgan fingerprint density at radius 3 is 2.62 bits per heavy atom. The number of ether oxygens (including phenoxy) is 3. The average Bonchev–Trinajstić information content (AvgIpc) is 3.08. The fourth-order valence-corrected chi connectivity index (χ4v) is 5.95. The fraction of sp³-hybridized carbons (Fsp3) is 0.250. The number of imide groups is 1. The number of benzene rings is 2. The smallest absolute Gasteiger partial charge is 0.342 e. The van der Waals surface area contributed by atoms with Crippen LogP contribution in [0.15, 0.2) is 53.1 Å². The SMILES string of the molecule is CCOc1cccc2c1OC(=O)C1=C(N)S[C@@H]3C(=O)N(c4ccccc4C(=O)OC)C(=O)[C@@H]3[C@@H]12. The van der Waals surface area contributed by atoms with Crippen molar-refractivity contribution in [3.63, 3.8) is 0 Å². The summed E-state index contributed by atoms with van der Waals surface area (Å²) in [7, 11) is 1.22. The van der Waals surface area contributed by atoms with Gasteiger partial charge in [-0.15, -0.1) is 0 Å². The Balaban J connectivity index is 1.66. The zero-order valence-corrected chi connectivity index (χ0v) is 19.1. The fourth-order valence-electron chi connectivity index (χ4n) is 4.71. The van der Waals surface area contributed by atoms with Gasteiger partial charge in [0.15, 0.2) is 11.5 Å². The van der Waals surface area contributed by atoms with Crippen molar-refractivity contribution >= 4 is 41.2 Å². The minimum absolute atomic E-state index is 0.0820. The van der Waals surface area contributed by atoms with Crippen LogP contribution in [0.4, 0.5) is 5.69 Å². The Hall–Kier alpha value is -3.79. The second-order valence-corrected chi connectivity index (χ2v) is 9.02. The van der Waals surface area contributed by atoms with Crippen LogP contribution in [0.25, 0.3) is 0 Å². The third-order valence-electron chi connectivity index (χ3n) is 6.09. The number of rotatable bonds is 4. The molecule has 10 heteroatoms. The summed E-state index contributed by atoms with van der Waals surface area (Å²) < 4.78 is 16.0. The van der Waals surface area contributed by atoms with Crippen LogP contribution in [-0.4, -0.2) is 42.7 Å². The molecule has 2 aromatic rings. The number of anilines is 1. The first-order valence-corrected chi connectivity index (χ1v) is 11.5. The number of carbonyl (C=O) groups is 4. The second kappa shape index (κ2) is 8.21. The second-order valence-electron chi connectivity index (χ2n) is 7.84. The lowest BCUT2D eigenvalue weighted by molar-refractivity contribution is -0.132. The molecule has 0 aromatic heterocycles. The number of fused-ring (bicyclic) bond motifs is 5. The van der Waals surface area contributed by atoms with Crippen LogP contribution in [0.5, 0.6) is 11.5 Å². The van der Waals surface area contributed by atoms with E-state index in [4.69, 9.17) is 19.9 Å². The molecule has 1 fully saturated rings. The van der Waals surface area contributed by atoms with Gasteiger partial charge in [0, 0.05) is 11.5 Å². The van der Waals surface area contributed by atoms with Crippen LogP contribution in [0.3, 0.4) is 0 Å². The number of nitrogens with zero attached hydrogens (tertiary/aromatic N) is 1. The van der Waals surface area contributed by atoms with Crippen LogP contribution in [0, 0.1) is 5.92 Å². The first kappa shape index (κ1) is 22.0. The first-order valence-electron chi connectivity index (χ1n) is 10.6. The minimum atomic E-state index is -0.922. The minimum Gasteiger partial charge on any atom is -0.490 e. The van der Waals surface area contributed by atoms with Gasteiger partial charge in [0.05, 0.1) is 41.5 Å². The molecule has 0 radical (unpaired) electrons. The van der Waals surface area contributed by atoms with Gasteiger partial charge >= 0.3 is 11.9 Å². The van der Waals surface area contributed by atoms with Gasteiger partial charge in [-0.05, 0) is 25.1 Å². The van der Waals surface area contributed by atoms with Gasteiger partial charge < -0.3 is 19.9 Å². The van der Waals surface area contributed by atoms with Crippen LogP contribution in [0.1, 0.15) is 28.8 Å². The summed E-state index contributed by atoms with van der Waals surface area (Å²) in [5.41, 5.74) is 7.14. The lowest BCUT2D eigenvalue weighted by Crippen LogP contribution is -2.40. The van der Waals surface area contributed by atoms with E-state index in [0.29, 0.717) is 17.9 Å². The number of nitrogens with two attached hydrogens (primary N) is 1. The van der Waals surface area contributed by atoms with Gasteiger partial charge in [0.25, 0.3) is 0 Å². The largest absolute Gasteiger partial charge is 0.490 e. The van der Waals surface area contributed by atoms with E-state index in [2.05, 4.69) is 0 Å². The van der Waals surface area contributed by atoms with Crippen molar-refractivity contribution in [3.05, 3.63) is 64.2 Å². The first-order chi connectivity index (χ1) is 16.4. The molecular formula is C24H20N2O7S. The molecule has 3 atom stereocenters. The summed E-state index contributed by atoms with van der Waals surface area (Å²) in [5.74, 6) is -3.54. The summed E-state index contributed by atoms with van der Waals surface area (Å²) in [6.45, 7) is 2.15. The molecule has 34 heavy (non-hydrogen) atoms. The molecule has 1 saturated heterocycles. The zero-order valence-electron chi connectivity index (χ0n) is 18.3. The van der Waals surface area contributed by atoms with E-state index in [1.165, 1.54) is 19.2 Å². The molecule has 174 valence electrons. The summed E-state index contributed by atoms with van der Waals surface area (Å²) in [6.07, 6.45) is 0. The predicted molar refractivity (Wildman–Crippen MR) is 122 cm³/mol. The lowest BCUT2D eigenvalue weighted by Gasteiger charge is -2.36. The molecule has 3 aliphatic heterocycles. The highest BCUT2D eigenvalue weighted by Crippen LogP contribution is 2.56. The molecule has 3 heterocycles. The van der Waals surface area contributed by atoms with Crippen molar-refractivity contribution in [2.45, 2.75) is 18.1 Å². The number of carbonyl (C=O) groups excluding carboxylic acids is 4. The van der Waals surface area contributed by atoms with Gasteiger partial charge in [-0.3, -0.25) is 9.59 Å². The van der Waals surface area contributed by atoms with Crippen molar-refractivity contribution in [1.82, 2.24) is 0 Å². The highest BCUT2D eigenvalue weighted by atomic mass is 32.2. The number of methoxy groups -OCH3 is 1. The van der Waals surface area contributed by atoms with Crippen LogP contribution >= 0.6 is 11.8 Å². The van der Waals surface area contributed by atoms with Gasteiger partial charge in [-0.1, -0.05) is 36.0 Å². The molecule has 9 nitrogen and oxygen atoms in total. The van der Waals surface area contributed by atoms with Crippen LogP contribution in [-0.2, 0) is 19.1 Å². The summed E-state index contributed by atoms with van der Waals surface area (Å²) in [4.78, 5) is 53.6. The van der Waals surface area contributed by atoms with E-state index in [-0.39, 0.29) is 27.6 Å². The van der Waals surface area contributed by atoms with E-state index < -0.39 is 40.8 Å². The maximum Gasteiger partial charge on any atom is 0.342 e. The summed E-state index contributed by atoms with van der Waals surface area (Å²) >= 11 is 0.963. The van der Waals surface area contributed by atoms with Crippen molar-refractivity contribution < 1.29 is 33.4 Å². The number of thioether (sulfide) groups is 1. The highest BCUT2D eigenvalue weighted by Gasteiger charge is 2.59. The molecule has 2 aromatic carbocycles. The van der Waals surface area contributed by atoms with E-state index in [0.717, 1.165) is 16.7 Å². The molecule has 3 aliphatic rings. The number of para-hydroxylation sites is 2. The van der Waals surface area contributed by atoms with Crippen molar-refractivity contribution in [1.29, 1.82) is 0 Å². The average molecular weight is 480 g/mol. The Kier molecular flexibility index (Phi) is 5.32.